The van der Waals surface area contributed by atoms with Crippen LogP contribution in [0.1, 0.15) is 32.3 Å². The fourth-order valence-electron chi connectivity index (χ4n) is 5.20. The van der Waals surface area contributed by atoms with Gasteiger partial charge in [0.15, 0.2) is 0 Å². The molecule has 3 heterocycles. The van der Waals surface area contributed by atoms with E-state index in [2.05, 4.69) is 10.3 Å². The van der Waals surface area contributed by atoms with Crippen molar-refractivity contribution in [3.63, 3.8) is 0 Å². The predicted molar refractivity (Wildman–Crippen MR) is 158 cm³/mol. The molecular formula is C31H27ClN4O5. The molecule has 0 radical (unpaired) electrons. The number of carbonyl (C=O) groups is 2. The van der Waals surface area contributed by atoms with Gasteiger partial charge in [-0.2, -0.15) is 0 Å². The molecule has 0 fully saturated rings. The third-order valence-electron chi connectivity index (χ3n) is 7.18. The van der Waals surface area contributed by atoms with Crippen LogP contribution in [0.15, 0.2) is 79.1 Å². The van der Waals surface area contributed by atoms with E-state index in [1.54, 1.807) is 71.3 Å². The summed E-state index contributed by atoms with van der Waals surface area (Å²) in [5.41, 5.74) is 3.40. The number of benzene rings is 3. The minimum Gasteiger partial charge on any atom is -0.507 e. The number of amides is 2. The number of aromatic hydroxyl groups is 1. The minimum atomic E-state index is -0.296. The molecule has 2 N–H and O–H groups in total. The van der Waals surface area contributed by atoms with Crippen LogP contribution in [0, 0.1) is 0 Å². The molecule has 0 aliphatic carbocycles. The number of nitrogens with zero attached hydrogens (tertiary/aromatic N) is 3. The third kappa shape index (κ3) is 5.05. The molecule has 1 atom stereocenters. The molecule has 0 spiro atoms. The van der Waals surface area contributed by atoms with Gasteiger partial charge in [-0.05, 0) is 47.3 Å². The van der Waals surface area contributed by atoms with Gasteiger partial charge in [-0.3, -0.25) is 9.59 Å². The number of ether oxygens (including phenoxy) is 2. The smallest absolute Gasteiger partial charge is 0.278 e. The van der Waals surface area contributed by atoms with Crippen molar-refractivity contribution in [1.29, 1.82) is 0 Å². The van der Waals surface area contributed by atoms with Crippen LogP contribution in [-0.4, -0.2) is 59.1 Å². The summed E-state index contributed by atoms with van der Waals surface area (Å²) in [7, 11) is 1.61. The molecule has 2 amide bonds. The van der Waals surface area contributed by atoms with E-state index >= 15 is 0 Å². The number of alkyl halides is 1. The Morgan fingerprint density at radius 3 is 2.59 bits per heavy atom. The van der Waals surface area contributed by atoms with Gasteiger partial charge in [0.25, 0.3) is 11.8 Å². The first-order valence-corrected chi connectivity index (χ1v) is 13.6. The van der Waals surface area contributed by atoms with E-state index in [0.717, 1.165) is 16.3 Å². The number of imidazole rings is 1. The van der Waals surface area contributed by atoms with Crippen LogP contribution in [0.25, 0.3) is 16.4 Å². The Balaban J connectivity index is 1.22. The summed E-state index contributed by atoms with van der Waals surface area (Å²) in [5.74, 6) is 0.440. The first-order chi connectivity index (χ1) is 20.0. The first-order valence-electron chi connectivity index (χ1n) is 13.1. The monoisotopic (exact) mass is 570 g/mol. The summed E-state index contributed by atoms with van der Waals surface area (Å²) < 4.78 is 12.2. The van der Waals surface area contributed by atoms with Crippen molar-refractivity contribution in [3.8, 4) is 11.5 Å². The topological polar surface area (TPSA) is 105 Å². The molecule has 2 aromatic heterocycles. The Morgan fingerprint density at radius 1 is 1.05 bits per heavy atom. The average molecular weight is 571 g/mol. The molecule has 0 saturated carbocycles. The molecule has 5 aromatic rings. The van der Waals surface area contributed by atoms with E-state index < -0.39 is 0 Å². The highest BCUT2D eigenvalue weighted by atomic mass is 35.5. The molecule has 0 bridgehead atoms. The maximum atomic E-state index is 13.7. The van der Waals surface area contributed by atoms with E-state index in [1.807, 2.05) is 24.3 Å². The maximum Gasteiger partial charge on any atom is 0.278 e. The number of hydrogen-bond donors (Lipinski definition) is 2. The number of rotatable bonds is 8. The lowest BCUT2D eigenvalue weighted by molar-refractivity contribution is 0.0982. The molecule has 0 saturated heterocycles. The van der Waals surface area contributed by atoms with Crippen LogP contribution in [0.2, 0.25) is 0 Å². The first kappa shape index (κ1) is 26.6. The Morgan fingerprint density at radius 2 is 1.83 bits per heavy atom. The van der Waals surface area contributed by atoms with Gasteiger partial charge in [0.1, 0.15) is 29.4 Å². The summed E-state index contributed by atoms with van der Waals surface area (Å²) in [6.07, 6.45) is 3.34. The Hall–Kier alpha value is -4.60. The van der Waals surface area contributed by atoms with E-state index in [-0.39, 0.29) is 29.2 Å². The van der Waals surface area contributed by atoms with Gasteiger partial charge < -0.3 is 29.2 Å². The highest BCUT2D eigenvalue weighted by Crippen LogP contribution is 2.45. The minimum absolute atomic E-state index is 0.0778. The highest BCUT2D eigenvalue weighted by molar-refractivity contribution is 6.19. The molecule has 3 aromatic carbocycles. The standard InChI is InChI=1S/C31H27ClN4O5/c1-40-12-13-41-22-9-6-19(7-10-22)30(38)33-21-8-11-28-34-25(18-35(28)17-21)31(39)36-16-20(15-32)29-24-5-3-2-4-23(24)27(37)14-26(29)36/h2-11,14,17-18,20,37H,12-13,15-16H2,1H3,(H,33,38)/t20-/m1/s1. The van der Waals surface area contributed by atoms with Gasteiger partial charge in [0.05, 0.1) is 18.0 Å². The Kier molecular flexibility index (Phi) is 7.21. The number of anilines is 2. The van der Waals surface area contributed by atoms with Crippen molar-refractivity contribution >= 4 is 51.2 Å². The van der Waals surface area contributed by atoms with Gasteiger partial charge in [0, 0.05) is 54.9 Å². The third-order valence-corrected chi connectivity index (χ3v) is 7.55. The summed E-state index contributed by atoms with van der Waals surface area (Å²) in [4.78, 5) is 32.7. The number of carbonyl (C=O) groups excluding carboxylic acids is 2. The Bertz CT molecular complexity index is 1770. The second kappa shape index (κ2) is 11.1. The summed E-state index contributed by atoms with van der Waals surface area (Å²) in [6.45, 7) is 1.29. The fraction of sp³-hybridized carbons (Fsp3) is 0.194. The van der Waals surface area contributed by atoms with Gasteiger partial charge >= 0.3 is 0 Å². The molecule has 41 heavy (non-hydrogen) atoms. The largest absolute Gasteiger partial charge is 0.507 e. The molecule has 208 valence electrons. The van der Waals surface area contributed by atoms with E-state index in [4.69, 9.17) is 21.1 Å². The van der Waals surface area contributed by atoms with Gasteiger partial charge in [-0.25, -0.2) is 4.98 Å². The molecule has 9 nitrogen and oxygen atoms in total. The number of fused-ring (bicyclic) bond motifs is 4. The molecule has 6 rings (SSSR count). The Labute approximate surface area is 240 Å². The van der Waals surface area contributed by atoms with Crippen LogP contribution in [-0.2, 0) is 4.74 Å². The zero-order chi connectivity index (χ0) is 28.5. The zero-order valence-corrected chi connectivity index (χ0v) is 23.0. The number of phenols is 1. The van der Waals surface area contributed by atoms with Gasteiger partial charge in [0.2, 0.25) is 0 Å². The van der Waals surface area contributed by atoms with Crippen LogP contribution in [0.4, 0.5) is 11.4 Å². The van der Waals surface area contributed by atoms with Crippen LogP contribution >= 0.6 is 11.6 Å². The lowest BCUT2D eigenvalue weighted by Crippen LogP contribution is -2.30. The lowest BCUT2D eigenvalue weighted by Gasteiger charge is -2.17. The molecular weight excluding hydrogens is 544 g/mol. The van der Waals surface area contributed by atoms with E-state index in [0.29, 0.717) is 54.0 Å². The number of pyridine rings is 1. The van der Waals surface area contributed by atoms with Crippen molar-refractivity contribution in [2.75, 3.05) is 43.0 Å². The highest BCUT2D eigenvalue weighted by Gasteiger charge is 2.35. The molecule has 1 aliphatic rings. The SMILES string of the molecule is COCCOc1ccc(C(=O)Nc2ccc3nc(C(=O)N4C[C@@H](CCl)c5c4cc(O)c4ccccc54)cn3c2)cc1. The van der Waals surface area contributed by atoms with Crippen LogP contribution < -0.4 is 15.0 Å². The number of phenolic OH excluding ortho intramolecular Hbond substituents is 1. The average Bonchev–Trinajstić information content (AvgIpc) is 3.59. The van der Waals surface area contributed by atoms with Crippen molar-refractivity contribution in [2.24, 2.45) is 0 Å². The second-order valence-corrected chi connectivity index (χ2v) is 10.1. The number of hydrogen-bond acceptors (Lipinski definition) is 6. The van der Waals surface area contributed by atoms with Crippen molar-refractivity contribution < 1.29 is 24.2 Å². The van der Waals surface area contributed by atoms with Gasteiger partial charge in [-0.15, -0.1) is 11.6 Å². The number of halogens is 1. The summed E-state index contributed by atoms with van der Waals surface area (Å²) in [6, 6.07) is 19.5. The van der Waals surface area contributed by atoms with Crippen molar-refractivity contribution in [3.05, 3.63) is 95.9 Å². The van der Waals surface area contributed by atoms with Crippen LogP contribution in [0.5, 0.6) is 11.5 Å². The zero-order valence-electron chi connectivity index (χ0n) is 22.2. The number of aromatic nitrogens is 2. The molecule has 10 heteroatoms. The lowest BCUT2D eigenvalue weighted by atomic mass is 9.95. The number of methoxy groups -OCH3 is 1. The van der Waals surface area contributed by atoms with Crippen LogP contribution in [0.3, 0.4) is 0 Å². The van der Waals surface area contributed by atoms with E-state index in [9.17, 15) is 14.7 Å². The molecule has 0 unspecified atom stereocenters. The number of nitrogens with one attached hydrogen (secondary N) is 1. The van der Waals surface area contributed by atoms with E-state index in [1.165, 1.54) is 0 Å². The summed E-state index contributed by atoms with van der Waals surface area (Å²) >= 11 is 6.33. The predicted octanol–water partition coefficient (Wildman–Crippen LogP) is 5.45. The van der Waals surface area contributed by atoms with Crippen molar-refractivity contribution in [1.82, 2.24) is 9.38 Å². The quantitative estimate of drug-likeness (QED) is 0.190. The molecule has 1 aliphatic heterocycles. The second-order valence-electron chi connectivity index (χ2n) is 9.77. The fourth-order valence-corrected chi connectivity index (χ4v) is 5.45. The summed E-state index contributed by atoms with van der Waals surface area (Å²) in [5, 5.41) is 15.2. The van der Waals surface area contributed by atoms with Crippen molar-refractivity contribution in [2.45, 2.75) is 5.92 Å². The van der Waals surface area contributed by atoms with Gasteiger partial charge in [-0.1, -0.05) is 24.3 Å². The normalized spacial score (nSPS) is 14.4. The maximum absolute atomic E-state index is 13.7.